The quantitative estimate of drug-likeness (QED) is 0.696. The second kappa shape index (κ2) is 6.82. The van der Waals surface area contributed by atoms with Crippen molar-refractivity contribution in [3.05, 3.63) is 44.8 Å². The molecule has 0 bridgehead atoms. The Morgan fingerprint density at radius 2 is 1.83 bits per heavy atom. The first kappa shape index (κ1) is 16.2. The van der Waals surface area contributed by atoms with Crippen LogP contribution in [0.15, 0.2) is 35.0 Å². The molecule has 1 fully saturated rings. The first-order valence-electron chi connectivity index (χ1n) is 7.44. The fourth-order valence-electron chi connectivity index (χ4n) is 2.47. The number of aliphatic hydroxyl groups is 1. The fourth-order valence-corrected chi connectivity index (χ4v) is 4.02. The van der Waals surface area contributed by atoms with Gasteiger partial charge in [-0.15, -0.1) is 22.7 Å². The first-order valence-corrected chi connectivity index (χ1v) is 9.20. The zero-order chi connectivity index (χ0) is 16.3. The maximum Gasteiger partial charge on any atom is 0.309 e. The van der Waals surface area contributed by atoms with Crippen molar-refractivity contribution in [1.29, 1.82) is 0 Å². The summed E-state index contributed by atoms with van der Waals surface area (Å²) >= 11 is 2.99. The van der Waals surface area contributed by atoms with Crippen LogP contribution in [0.5, 0.6) is 0 Å². The lowest BCUT2D eigenvalue weighted by Crippen LogP contribution is -2.46. The largest absolute Gasteiger partial charge is 0.382 e. The fraction of sp³-hybridized carbons (Fsp3) is 0.375. The average molecular weight is 350 g/mol. The second-order valence-corrected chi connectivity index (χ2v) is 7.60. The molecule has 3 N–H and O–H groups in total. The first-order chi connectivity index (χ1) is 11.1. The van der Waals surface area contributed by atoms with Crippen LogP contribution < -0.4 is 10.6 Å². The molecule has 3 rings (SSSR count). The van der Waals surface area contributed by atoms with Gasteiger partial charge in [0.2, 0.25) is 0 Å². The topological polar surface area (TPSA) is 78.4 Å². The molecule has 2 aromatic heterocycles. The lowest BCUT2D eigenvalue weighted by molar-refractivity contribution is -0.140. The minimum atomic E-state index is -1.07. The van der Waals surface area contributed by atoms with Gasteiger partial charge in [0, 0.05) is 9.75 Å². The molecule has 0 spiro atoms. The average Bonchev–Trinajstić information content (AvgIpc) is 3.05. The highest BCUT2D eigenvalue weighted by molar-refractivity contribution is 7.10. The lowest BCUT2D eigenvalue weighted by Gasteiger charge is -2.27. The van der Waals surface area contributed by atoms with Crippen molar-refractivity contribution in [2.45, 2.75) is 25.0 Å². The van der Waals surface area contributed by atoms with Crippen LogP contribution in [0.1, 0.15) is 22.6 Å². The smallest absolute Gasteiger partial charge is 0.309 e. The van der Waals surface area contributed by atoms with Gasteiger partial charge in [0.15, 0.2) is 0 Å². The molecule has 0 saturated heterocycles. The molecule has 122 valence electrons. The molecule has 0 radical (unpaired) electrons. The zero-order valence-electron chi connectivity index (χ0n) is 12.5. The van der Waals surface area contributed by atoms with Gasteiger partial charge in [0.05, 0.1) is 13.1 Å². The van der Waals surface area contributed by atoms with Crippen LogP contribution in [0.4, 0.5) is 0 Å². The summed E-state index contributed by atoms with van der Waals surface area (Å²) in [5, 5.41) is 19.9. The molecule has 1 aliphatic carbocycles. The van der Waals surface area contributed by atoms with Crippen LogP contribution >= 0.6 is 22.7 Å². The summed E-state index contributed by atoms with van der Waals surface area (Å²) in [6.45, 7) is 0.394. The summed E-state index contributed by atoms with van der Waals surface area (Å²) in [5.74, 6) is -1.24. The van der Waals surface area contributed by atoms with E-state index in [1.165, 1.54) is 22.7 Å². The maximum absolute atomic E-state index is 11.9. The molecule has 0 aromatic carbocycles. The molecule has 0 unspecified atom stereocenters. The molecule has 0 aliphatic heterocycles. The summed E-state index contributed by atoms with van der Waals surface area (Å²) < 4.78 is 0. The Morgan fingerprint density at radius 3 is 2.43 bits per heavy atom. The maximum atomic E-state index is 11.9. The van der Waals surface area contributed by atoms with E-state index in [4.69, 9.17) is 0 Å². The van der Waals surface area contributed by atoms with E-state index in [1.54, 1.807) is 0 Å². The van der Waals surface area contributed by atoms with Crippen LogP contribution in [-0.2, 0) is 21.7 Å². The predicted octanol–water partition coefficient (Wildman–Crippen LogP) is 1.84. The summed E-state index contributed by atoms with van der Waals surface area (Å²) in [6.07, 6.45) is 1.88. The monoisotopic (exact) mass is 350 g/mol. The molecule has 2 amide bonds. The minimum absolute atomic E-state index is 0.0590. The third-order valence-corrected chi connectivity index (χ3v) is 5.84. The van der Waals surface area contributed by atoms with Crippen molar-refractivity contribution in [1.82, 2.24) is 10.6 Å². The van der Waals surface area contributed by atoms with Crippen LogP contribution in [0.2, 0.25) is 0 Å². The number of nitrogens with one attached hydrogen (secondary N) is 2. The Labute approximate surface area is 142 Å². The van der Waals surface area contributed by atoms with E-state index in [0.717, 1.165) is 22.6 Å². The van der Waals surface area contributed by atoms with Gasteiger partial charge < -0.3 is 15.7 Å². The summed E-state index contributed by atoms with van der Waals surface area (Å²) in [7, 11) is 0. The second-order valence-electron chi connectivity index (χ2n) is 5.62. The molecule has 23 heavy (non-hydrogen) atoms. The van der Waals surface area contributed by atoms with E-state index in [0.29, 0.717) is 6.54 Å². The summed E-state index contributed by atoms with van der Waals surface area (Å²) in [4.78, 5) is 25.6. The van der Waals surface area contributed by atoms with Crippen molar-refractivity contribution in [2.75, 3.05) is 6.54 Å². The molecule has 2 aromatic rings. The number of amides is 2. The van der Waals surface area contributed by atoms with E-state index in [2.05, 4.69) is 10.6 Å². The van der Waals surface area contributed by atoms with Gasteiger partial charge in [-0.3, -0.25) is 9.59 Å². The highest BCUT2D eigenvalue weighted by atomic mass is 32.1. The molecule has 5 nitrogen and oxygen atoms in total. The van der Waals surface area contributed by atoms with E-state index in [-0.39, 0.29) is 12.5 Å². The van der Waals surface area contributed by atoms with Gasteiger partial charge in [-0.1, -0.05) is 12.1 Å². The van der Waals surface area contributed by atoms with Crippen molar-refractivity contribution in [3.63, 3.8) is 0 Å². The third kappa shape index (κ3) is 3.80. The zero-order valence-corrected chi connectivity index (χ0v) is 14.1. The van der Waals surface area contributed by atoms with E-state index < -0.39 is 17.4 Å². The number of carbonyl (C=O) groups is 2. The Kier molecular flexibility index (Phi) is 4.79. The number of hydrogen-bond donors (Lipinski definition) is 3. The Morgan fingerprint density at radius 1 is 1.13 bits per heavy atom. The van der Waals surface area contributed by atoms with Crippen molar-refractivity contribution >= 4 is 34.5 Å². The predicted molar refractivity (Wildman–Crippen MR) is 90.1 cm³/mol. The minimum Gasteiger partial charge on any atom is -0.382 e. The molecular weight excluding hydrogens is 332 g/mol. The van der Waals surface area contributed by atoms with Crippen molar-refractivity contribution in [2.24, 2.45) is 5.92 Å². The molecule has 1 atom stereocenters. The molecule has 1 saturated carbocycles. The number of thiophene rings is 2. The van der Waals surface area contributed by atoms with E-state index in [1.807, 2.05) is 35.0 Å². The highest BCUT2D eigenvalue weighted by Gasteiger charge is 2.46. The standard InChI is InChI=1S/C16H18N2O3S2/c19-14(17-9-12-3-1-7-22-12)15(20)18-10-16(21,11-5-6-11)13-4-2-8-23-13/h1-4,7-8,11,21H,5-6,9-10H2,(H,17,19)(H,18,20)/t16-/m0/s1. The molecule has 2 heterocycles. The van der Waals surface area contributed by atoms with Crippen molar-refractivity contribution in [3.8, 4) is 0 Å². The number of hydrogen-bond acceptors (Lipinski definition) is 5. The number of carbonyl (C=O) groups excluding carboxylic acids is 2. The highest BCUT2D eigenvalue weighted by Crippen LogP contribution is 2.46. The van der Waals surface area contributed by atoms with Gasteiger partial charge in [-0.05, 0) is 41.7 Å². The SMILES string of the molecule is O=C(NCc1cccs1)C(=O)NC[C@@](O)(c1cccs1)C1CC1. The van der Waals surface area contributed by atoms with Crippen LogP contribution in [0.25, 0.3) is 0 Å². The van der Waals surface area contributed by atoms with Gasteiger partial charge >= 0.3 is 11.8 Å². The van der Waals surface area contributed by atoms with Crippen molar-refractivity contribution < 1.29 is 14.7 Å². The van der Waals surface area contributed by atoms with Gasteiger partial charge in [0.25, 0.3) is 0 Å². The van der Waals surface area contributed by atoms with Gasteiger partial charge in [-0.25, -0.2) is 0 Å². The van der Waals surface area contributed by atoms with Crippen LogP contribution in [0.3, 0.4) is 0 Å². The summed E-state index contributed by atoms with van der Waals surface area (Å²) in [5.41, 5.74) is -1.07. The Bertz CT molecular complexity index is 666. The van der Waals surface area contributed by atoms with Crippen LogP contribution in [0, 0.1) is 5.92 Å². The molecule has 1 aliphatic rings. The number of rotatable bonds is 6. The molecule has 7 heteroatoms. The normalized spacial score (nSPS) is 16.6. The summed E-state index contributed by atoms with van der Waals surface area (Å²) in [6, 6.07) is 7.53. The lowest BCUT2D eigenvalue weighted by atomic mass is 9.95. The molecular formula is C16H18N2O3S2. The van der Waals surface area contributed by atoms with E-state index in [9.17, 15) is 14.7 Å². The van der Waals surface area contributed by atoms with E-state index >= 15 is 0 Å². The third-order valence-electron chi connectivity index (χ3n) is 3.93. The van der Waals surface area contributed by atoms with Gasteiger partial charge in [0.1, 0.15) is 5.60 Å². The van der Waals surface area contributed by atoms with Crippen LogP contribution in [-0.4, -0.2) is 23.5 Å². The Hall–Kier alpha value is -1.70. The van der Waals surface area contributed by atoms with Gasteiger partial charge in [-0.2, -0.15) is 0 Å². The Balaban J connectivity index is 1.54.